The summed E-state index contributed by atoms with van der Waals surface area (Å²) >= 11 is 0. The fourth-order valence-corrected chi connectivity index (χ4v) is 2.27. The number of ether oxygens (including phenoxy) is 2. The first-order valence-electron chi connectivity index (χ1n) is 8.74. The van der Waals surface area contributed by atoms with Crippen LogP contribution in [0.5, 0.6) is 5.75 Å². The maximum atomic E-state index is 12.2. The monoisotopic (exact) mass is 397 g/mol. The lowest BCUT2D eigenvalue weighted by atomic mass is 10.2. The zero-order chi connectivity index (χ0) is 21.1. The summed E-state index contributed by atoms with van der Waals surface area (Å²) in [5.41, 5.74) is 0.251. The summed E-state index contributed by atoms with van der Waals surface area (Å²) in [6, 6.07) is 10.1. The summed E-state index contributed by atoms with van der Waals surface area (Å²) in [7, 11) is 0. The lowest BCUT2D eigenvalue weighted by Gasteiger charge is -2.20. The molecule has 1 aromatic heterocycles. The highest BCUT2D eigenvalue weighted by Gasteiger charge is 2.16. The molecule has 0 saturated carbocycles. The number of aryl methyl sites for hydroxylation is 1. The minimum atomic E-state index is -0.667. The van der Waals surface area contributed by atoms with Gasteiger partial charge in [0.05, 0.1) is 30.5 Å². The minimum Gasteiger partial charge on any atom is -0.485 e. The molecule has 0 radical (unpaired) electrons. The molecule has 1 amide bonds. The standard InChI is InChI=1S/C19H19N5O5/c1-14-22-17(23-29-14)12-27-16-6-4-15(5-7-16)19(26)28-13-18(25)24(10-2-8-20)11-3-9-21/h4-7H,2-3,10-13H2,1H3. The second-order valence-corrected chi connectivity index (χ2v) is 5.82. The van der Waals surface area contributed by atoms with E-state index in [0.29, 0.717) is 17.5 Å². The SMILES string of the molecule is Cc1nc(COc2ccc(C(=O)OCC(=O)N(CCC#N)CCC#N)cc2)no1. The normalized spacial score (nSPS) is 9.90. The molecule has 1 aromatic carbocycles. The first-order chi connectivity index (χ1) is 14.0. The first-order valence-corrected chi connectivity index (χ1v) is 8.74. The summed E-state index contributed by atoms with van der Waals surface area (Å²) in [5.74, 6) is 0.217. The van der Waals surface area contributed by atoms with E-state index in [0.717, 1.165) is 0 Å². The van der Waals surface area contributed by atoms with Gasteiger partial charge in [-0.15, -0.1) is 0 Å². The van der Waals surface area contributed by atoms with Crippen LogP contribution in [0, 0.1) is 29.6 Å². The summed E-state index contributed by atoms with van der Waals surface area (Å²) in [6.07, 6.45) is 0.270. The minimum absolute atomic E-state index is 0.122. The van der Waals surface area contributed by atoms with Gasteiger partial charge in [-0.2, -0.15) is 15.5 Å². The van der Waals surface area contributed by atoms with E-state index in [1.807, 2.05) is 12.1 Å². The molecular formula is C19H19N5O5. The molecule has 0 fully saturated rings. The van der Waals surface area contributed by atoms with Gasteiger partial charge in [-0.3, -0.25) is 4.79 Å². The molecule has 0 unspecified atom stereocenters. The van der Waals surface area contributed by atoms with Crippen LogP contribution < -0.4 is 4.74 Å². The van der Waals surface area contributed by atoms with E-state index in [2.05, 4.69) is 10.1 Å². The molecule has 10 heteroatoms. The van der Waals surface area contributed by atoms with Gasteiger partial charge in [0.15, 0.2) is 13.2 Å². The van der Waals surface area contributed by atoms with Crippen LogP contribution >= 0.6 is 0 Å². The average Bonchev–Trinajstić information content (AvgIpc) is 3.16. The molecule has 29 heavy (non-hydrogen) atoms. The lowest BCUT2D eigenvalue weighted by molar-refractivity contribution is -0.134. The van der Waals surface area contributed by atoms with E-state index >= 15 is 0 Å². The van der Waals surface area contributed by atoms with Crippen LogP contribution in [0.25, 0.3) is 0 Å². The third-order valence-electron chi connectivity index (χ3n) is 3.69. The van der Waals surface area contributed by atoms with Crippen molar-refractivity contribution in [1.82, 2.24) is 15.0 Å². The van der Waals surface area contributed by atoms with E-state index in [4.69, 9.17) is 24.5 Å². The van der Waals surface area contributed by atoms with Gasteiger partial charge in [-0.05, 0) is 24.3 Å². The lowest BCUT2D eigenvalue weighted by Crippen LogP contribution is -2.36. The highest BCUT2D eigenvalue weighted by Crippen LogP contribution is 2.14. The van der Waals surface area contributed by atoms with Gasteiger partial charge in [-0.1, -0.05) is 5.16 Å². The van der Waals surface area contributed by atoms with E-state index in [-0.39, 0.29) is 38.1 Å². The summed E-state index contributed by atoms with van der Waals surface area (Å²) in [5, 5.41) is 21.0. The smallest absolute Gasteiger partial charge is 0.338 e. The number of amides is 1. The number of esters is 1. The van der Waals surface area contributed by atoms with Gasteiger partial charge in [0, 0.05) is 20.0 Å². The fraction of sp³-hybridized carbons (Fsp3) is 0.368. The van der Waals surface area contributed by atoms with Crippen molar-refractivity contribution in [2.75, 3.05) is 19.7 Å². The number of benzene rings is 1. The Balaban J connectivity index is 1.83. The van der Waals surface area contributed by atoms with Gasteiger partial charge >= 0.3 is 5.97 Å². The molecular weight excluding hydrogens is 378 g/mol. The van der Waals surface area contributed by atoms with Crippen molar-refractivity contribution in [2.45, 2.75) is 26.4 Å². The molecule has 0 spiro atoms. The summed E-state index contributed by atoms with van der Waals surface area (Å²) < 4.78 is 15.4. The quantitative estimate of drug-likeness (QED) is 0.548. The van der Waals surface area contributed by atoms with E-state index < -0.39 is 18.5 Å². The molecule has 0 atom stereocenters. The maximum Gasteiger partial charge on any atom is 0.338 e. The zero-order valence-corrected chi connectivity index (χ0v) is 15.8. The Labute approximate surface area is 167 Å². The molecule has 2 aromatic rings. The van der Waals surface area contributed by atoms with Crippen LogP contribution in [0.2, 0.25) is 0 Å². The second kappa shape index (κ2) is 11.0. The molecule has 10 nitrogen and oxygen atoms in total. The van der Waals surface area contributed by atoms with Gasteiger partial charge in [-0.25, -0.2) is 4.79 Å². The fourth-order valence-electron chi connectivity index (χ4n) is 2.27. The van der Waals surface area contributed by atoms with Gasteiger partial charge in [0.1, 0.15) is 5.75 Å². The van der Waals surface area contributed by atoms with Crippen molar-refractivity contribution < 1.29 is 23.6 Å². The molecule has 0 bridgehead atoms. The summed E-state index contributed by atoms with van der Waals surface area (Å²) in [4.78, 5) is 29.6. The van der Waals surface area contributed by atoms with Gasteiger partial charge < -0.3 is 18.9 Å². The van der Waals surface area contributed by atoms with Crippen LogP contribution in [0.15, 0.2) is 28.8 Å². The summed E-state index contributed by atoms with van der Waals surface area (Å²) in [6.45, 7) is 1.69. The Hall–Kier alpha value is -3.92. The Morgan fingerprint density at radius 2 is 1.79 bits per heavy atom. The number of nitrogens with zero attached hydrogens (tertiary/aromatic N) is 5. The Morgan fingerprint density at radius 1 is 1.14 bits per heavy atom. The van der Waals surface area contributed by atoms with Crippen molar-refractivity contribution in [1.29, 1.82) is 10.5 Å². The number of hydrogen-bond donors (Lipinski definition) is 0. The maximum absolute atomic E-state index is 12.2. The third-order valence-corrected chi connectivity index (χ3v) is 3.69. The van der Waals surface area contributed by atoms with Crippen LogP contribution in [0.4, 0.5) is 0 Å². The number of hydrogen-bond acceptors (Lipinski definition) is 9. The van der Waals surface area contributed by atoms with Crippen molar-refractivity contribution in [3.05, 3.63) is 41.5 Å². The third kappa shape index (κ3) is 6.96. The van der Waals surface area contributed by atoms with Crippen LogP contribution in [-0.2, 0) is 16.1 Å². The predicted octanol–water partition coefficient (Wildman–Crippen LogP) is 1.77. The first kappa shape index (κ1) is 21.4. The van der Waals surface area contributed by atoms with Crippen molar-refractivity contribution in [3.8, 4) is 17.9 Å². The largest absolute Gasteiger partial charge is 0.485 e. The molecule has 0 N–H and O–H groups in total. The van der Waals surface area contributed by atoms with Crippen LogP contribution in [0.1, 0.15) is 34.9 Å². The van der Waals surface area contributed by atoms with Crippen LogP contribution in [0.3, 0.4) is 0 Å². The van der Waals surface area contributed by atoms with Crippen molar-refractivity contribution in [3.63, 3.8) is 0 Å². The highest BCUT2D eigenvalue weighted by molar-refractivity contribution is 5.91. The van der Waals surface area contributed by atoms with Gasteiger partial charge in [0.25, 0.3) is 5.91 Å². The number of carbonyl (C=O) groups excluding carboxylic acids is 2. The predicted molar refractivity (Wildman–Crippen MR) is 97.1 cm³/mol. The molecule has 0 aliphatic carbocycles. The van der Waals surface area contributed by atoms with E-state index in [1.54, 1.807) is 19.1 Å². The molecule has 2 rings (SSSR count). The number of aromatic nitrogens is 2. The van der Waals surface area contributed by atoms with Crippen molar-refractivity contribution in [2.24, 2.45) is 0 Å². The highest BCUT2D eigenvalue weighted by atomic mass is 16.5. The number of carbonyl (C=O) groups is 2. The number of nitriles is 2. The average molecular weight is 397 g/mol. The number of rotatable bonds is 10. The molecule has 0 saturated heterocycles. The molecule has 0 aliphatic rings. The molecule has 150 valence electrons. The van der Waals surface area contributed by atoms with Crippen LogP contribution in [-0.4, -0.2) is 46.6 Å². The van der Waals surface area contributed by atoms with E-state index in [9.17, 15) is 9.59 Å². The topological polar surface area (TPSA) is 142 Å². The van der Waals surface area contributed by atoms with E-state index in [1.165, 1.54) is 17.0 Å². The van der Waals surface area contributed by atoms with Gasteiger partial charge in [0.2, 0.25) is 11.7 Å². The Morgan fingerprint density at radius 3 is 2.34 bits per heavy atom. The Kier molecular flexibility index (Phi) is 8.14. The van der Waals surface area contributed by atoms with Crippen molar-refractivity contribution >= 4 is 11.9 Å². The Bertz CT molecular complexity index is 892. The second-order valence-electron chi connectivity index (χ2n) is 5.82. The molecule has 1 heterocycles. The molecule has 0 aliphatic heterocycles. The zero-order valence-electron chi connectivity index (χ0n) is 15.8.